The van der Waals surface area contributed by atoms with Gasteiger partial charge in [-0.15, -0.1) is 0 Å². The largest absolute Gasteiger partial charge is 0.494 e. The van der Waals surface area contributed by atoms with Gasteiger partial charge in [0.05, 0.1) is 17.8 Å². The minimum absolute atomic E-state index is 0.267. The minimum Gasteiger partial charge on any atom is -0.493 e. The lowest BCUT2D eigenvalue weighted by molar-refractivity contribution is 0.00578. The van der Waals surface area contributed by atoms with E-state index in [0.29, 0.717) is 19.7 Å². The van der Waals surface area contributed by atoms with Gasteiger partial charge in [-0.05, 0) is 45.3 Å². The first-order chi connectivity index (χ1) is 11.2. The van der Waals surface area contributed by atoms with Crippen molar-refractivity contribution in [2.24, 2.45) is 5.92 Å². The molecular weight excluding hydrogens is 309 g/mol. The fourth-order valence-corrected chi connectivity index (χ4v) is 2.75. The maximum Gasteiger partial charge on any atom is 0.494 e. The summed E-state index contributed by atoms with van der Waals surface area (Å²) in [4.78, 5) is 12.1. The Morgan fingerprint density at radius 1 is 1.21 bits per heavy atom. The van der Waals surface area contributed by atoms with Crippen molar-refractivity contribution in [1.29, 1.82) is 0 Å². The van der Waals surface area contributed by atoms with Crippen LogP contribution in [0.1, 0.15) is 27.7 Å². The number of hydrogen-bond donors (Lipinski definition) is 1. The average Bonchev–Trinajstić information content (AvgIpc) is 2.66. The normalized spacial score (nSPS) is 22.3. The first kappa shape index (κ1) is 17.1. The van der Waals surface area contributed by atoms with Crippen molar-refractivity contribution in [3.63, 3.8) is 0 Å². The molecule has 6 nitrogen and oxygen atoms in total. The third kappa shape index (κ3) is 3.23. The Morgan fingerprint density at radius 3 is 2.25 bits per heavy atom. The first-order valence-electron chi connectivity index (χ1n) is 8.24. The van der Waals surface area contributed by atoms with Gasteiger partial charge in [0.2, 0.25) is 0 Å². The lowest BCUT2D eigenvalue weighted by atomic mass is 9.79. The molecule has 2 heterocycles. The summed E-state index contributed by atoms with van der Waals surface area (Å²) in [7, 11) is -0.375. The SMILES string of the molecule is CC1(C)OB(c2ccc(OCC3CN(C(=O)O)C3)cc2)OC1(C)C. The van der Waals surface area contributed by atoms with Crippen LogP contribution in [0.15, 0.2) is 24.3 Å². The van der Waals surface area contributed by atoms with E-state index in [1.165, 1.54) is 4.90 Å². The van der Waals surface area contributed by atoms with Gasteiger partial charge >= 0.3 is 13.2 Å². The molecule has 2 aliphatic rings. The molecule has 1 N–H and O–H groups in total. The summed E-state index contributed by atoms with van der Waals surface area (Å²) in [6.45, 7) is 9.74. The van der Waals surface area contributed by atoms with Crippen LogP contribution in [0.4, 0.5) is 4.79 Å². The van der Waals surface area contributed by atoms with Gasteiger partial charge in [-0.1, -0.05) is 12.1 Å². The summed E-state index contributed by atoms with van der Waals surface area (Å²) in [5.41, 5.74) is 0.252. The fraction of sp³-hybridized carbons (Fsp3) is 0.588. The molecule has 0 bridgehead atoms. The van der Waals surface area contributed by atoms with Crippen LogP contribution >= 0.6 is 0 Å². The standard InChI is InChI=1S/C17H24BNO5/c1-16(2)17(3,4)24-18(23-16)13-5-7-14(8-6-13)22-11-12-9-19(10-12)15(20)21/h5-8,12H,9-11H2,1-4H3,(H,20,21). The van der Waals surface area contributed by atoms with E-state index < -0.39 is 6.09 Å². The monoisotopic (exact) mass is 333 g/mol. The Morgan fingerprint density at radius 2 is 1.75 bits per heavy atom. The van der Waals surface area contributed by atoms with Crippen molar-refractivity contribution in [3.8, 4) is 5.75 Å². The Hall–Kier alpha value is -1.73. The second kappa shape index (κ2) is 5.97. The molecule has 2 saturated heterocycles. The van der Waals surface area contributed by atoms with Crippen molar-refractivity contribution in [2.75, 3.05) is 19.7 Å². The van der Waals surface area contributed by atoms with Gasteiger partial charge in [0.15, 0.2) is 0 Å². The highest BCUT2D eigenvalue weighted by Gasteiger charge is 2.51. The molecule has 2 aliphatic heterocycles. The number of carbonyl (C=O) groups is 1. The summed E-state index contributed by atoms with van der Waals surface area (Å²) in [5.74, 6) is 1.04. The molecule has 0 aliphatic carbocycles. The van der Waals surface area contributed by atoms with Crippen LogP contribution in [0.5, 0.6) is 5.75 Å². The van der Waals surface area contributed by atoms with Gasteiger partial charge in [-0.3, -0.25) is 0 Å². The molecule has 1 aromatic carbocycles. The van der Waals surface area contributed by atoms with Gasteiger partial charge in [0.25, 0.3) is 0 Å². The van der Waals surface area contributed by atoms with E-state index in [-0.39, 0.29) is 24.2 Å². The van der Waals surface area contributed by atoms with Crippen molar-refractivity contribution in [3.05, 3.63) is 24.3 Å². The number of amides is 1. The number of carboxylic acid groups (broad SMARTS) is 1. The van der Waals surface area contributed by atoms with Crippen LogP contribution in [0.25, 0.3) is 0 Å². The van der Waals surface area contributed by atoms with Crippen LogP contribution in [0.2, 0.25) is 0 Å². The lowest BCUT2D eigenvalue weighted by Crippen LogP contribution is -2.51. The quantitative estimate of drug-likeness (QED) is 0.854. The number of ether oxygens (including phenoxy) is 1. The van der Waals surface area contributed by atoms with E-state index in [9.17, 15) is 4.79 Å². The molecule has 0 aromatic heterocycles. The van der Waals surface area contributed by atoms with Crippen LogP contribution in [-0.4, -0.2) is 54.1 Å². The molecule has 1 amide bonds. The van der Waals surface area contributed by atoms with E-state index in [1.807, 2.05) is 52.0 Å². The number of hydrogen-bond acceptors (Lipinski definition) is 4. The Bertz CT molecular complexity index is 594. The molecular formula is C17H24BNO5. The topological polar surface area (TPSA) is 68.2 Å². The number of benzene rings is 1. The predicted octanol–water partition coefficient (Wildman–Crippen LogP) is 1.97. The highest BCUT2D eigenvalue weighted by molar-refractivity contribution is 6.62. The van der Waals surface area contributed by atoms with E-state index in [4.69, 9.17) is 19.2 Å². The zero-order valence-corrected chi connectivity index (χ0v) is 14.6. The Kier molecular flexibility index (Phi) is 4.26. The number of rotatable bonds is 4. The average molecular weight is 333 g/mol. The fourth-order valence-electron chi connectivity index (χ4n) is 2.75. The maximum atomic E-state index is 10.7. The van der Waals surface area contributed by atoms with Gasteiger partial charge in [-0.25, -0.2) is 4.79 Å². The van der Waals surface area contributed by atoms with E-state index in [2.05, 4.69) is 0 Å². The number of likely N-dealkylation sites (tertiary alicyclic amines) is 1. The van der Waals surface area contributed by atoms with Crippen molar-refractivity contribution < 1.29 is 23.9 Å². The number of nitrogens with zero attached hydrogens (tertiary/aromatic N) is 1. The molecule has 7 heteroatoms. The van der Waals surface area contributed by atoms with Crippen molar-refractivity contribution in [1.82, 2.24) is 4.90 Å². The lowest BCUT2D eigenvalue weighted by Gasteiger charge is -2.36. The molecule has 0 atom stereocenters. The van der Waals surface area contributed by atoms with Crippen molar-refractivity contribution in [2.45, 2.75) is 38.9 Å². The third-order valence-electron chi connectivity index (χ3n) is 5.12. The molecule has 3 rings (SSSR count). The molecule has 2 fully saturated rings. The molecule has 0 radical (unpaired) electrons. The third-order valence-corrected chi connectivity index (χ3v) is 5.12. The summed E-state index contributed by atoms with van der Waals surface area (Å²) in [6, 6.07) is 7.69. The summed E-state index contributed by atoms with van der Waals surface area (Å²) < 4.78 is 17.8. The smallest absolute Gasteiger partial charge is 0.493 e. The summed E-state index contributed by atoms with van der Waals surface area (Å²) in [6.07, 6.45) is -0.863. The van der Waals surface area contributed by atoms with E-state index >= 15 is 0 Å². The second-order valence-electron chi connectivity index (χ2n) is 7.52. The Balaban J connectivity index is 1.52. The van der Waals surface area contributed by atoms with Gasteiger partial charge in [0, 0.05) is 19.0 Å². The molecule has 24 heavy (non-hydrogen) atoms. The molecule has 0 unspecified atom stereocenters. The van der Waals surface area contributed by atoms with Gasteiger partial charge in [-0.2, -0.15) is 0 Å². The molecule has 0 spiro atoms. The highest BCUT2D eigenvalue weighted by Crippen LogP contribution is 2.36. The Labute approximate surface area is 142 Å². The van der Waals surface area contributed by atoms with Gasteiger partial charge in [0.1, 0.15) is 5.75 Å². The highest BCUT2D eigenvalue weighted by atomic mass is 16.7. The predicted molar refractivity (Wildman–Crippen MR) is 90.7 cm³/mol. The maximum absolute atomic E-state index is 10.7. The minimum atomic E-state index is -0.863. The van der Waals surface area contributed by atoms with Crippen LogP contribution < -0.4 is 10.2 Å². The first-order valence-corrected chi connectivity index (χ1v) is 8.24. The van der Waals surface area contributed by atoms with Crippen LogP contribution in [0, 0.1) is 5.92 Å². The summed E-state index contributed by atoms with van der Waals surface area (Å²) in [5, 5.41) is 8.81. The van der Waals surface area contributed by atoms with Crippen molar-refractivity contribution >= 4 is 18.7 Å². The zero-order chi connectivity index (χ0) is 17.5. The van der Waals surface area contributed by atoms with Crippen LogP contribution in [0.3, 0.4) is 0 Å². The molecule has 1 aromatic rings. The second-order valence-corrected chi connectivity index (χ2v) is 7.52. The van der Waals surface area contributed by atoms with Gasteiger partial charge < -0.3 is 24.1 Å². The summed E-state index contributed by atoms with van der Waals surface area (Å²) >= 11 is 0. The van der Waals surface area contributed by atoms with E-state index in [0.717, 1.165) is 11.2 Å². The van der Waals surface area contributed by atoms with E-state index in [1.54, 1.807) is 0 Å². The molecule has 130 valence electrons. The zero-order valence-electron chi connectivity index (χ0n) is 14.6. The molecule has 0 saturated carbocycles. The van der Waals surface area contributed by atoms with Crippen LogP contribution in [-0.2, 0) is 9.31 Å².